The van der Waals surface area contributed by atoms with Crippen LogP contribution in [0.5, 0.6) is 0 Å². The molecule has 1 aromatic rings. The molecule has 1 amide bonds. The van der Waals surface area contributed by atoms with Gasteiger partial charge in [-0.15, -0.1) is 0 Å². The predicted octanol–water partition coefficient (Wildman–Crippen LogP) is 3.79. The molecule has 4 nitrogen and oxygen atoms in total. The first-order chi connectivity index (χ1) is 10.8. The average Bonchev–Trinajstić information content (AvgIpc) is 3.07. The molecular formula is C19H23NO3. The number of nitrogens with one attached hydrogen (secondary N) is 1. The SMILES string of the molecule is C=C1C(C)(C)[C@H]2CC[C@]1(C(=O)Nc1ccccc1C(=O)OC)C2. The highest BCUT2D eigenvalue weighted by molar-refractivity contribution is 6.04. The summed E-state index contributed by atoms with van der Waals surface area (Å²) in [4.78, 5) is 24.9. The van der Waals surface area contributed by atoms with Crippen LogP contribution in [0, 0.1) is 16.7 Å². The van der Waals surface area contributed by atoms with Crippen LogP contribution in [-0.4, -0.2) is 19.0 Å². The van der Waals surface area contributed by atoms with Gasteiger partial charge in [0, 0.05) is 0 Å². The van der Waals surface area contributed by atoms with E-state index in [1.165, 1.54) is 7.11 Å². The summed E-state index contributed by atoms with van der Waals surface area (Å²) in [5, 5.41) is 2.95. The lowest BCUT2D eigenvalue weighted by molar-refractivity contribution is -0.123. The molecule has 2 saturated carbocycles. The Kier molecular flexibility index (Phi) is 3.58. The maximum atomic E-state index is 13.0. The Bertz CT molecular complexity index is 692. The number of rotatable bonds is 3. The van der Waals surface area contributed by atoms with Crippen LogP contribution in [0.4, 0.5) is 5.69 Å². The van der Waals surface area contributed by atoms with Crippen molar-refractivity contribution in [1.29, 1.82) is 0 Å². The van der Waals surface area contributed by atoms with E-state index in [9.17, 15) is 9.59 Å². The van der Waals surface area contributed by atoms with Crippen molar-refractivity contribution in [2.75, 3.05) is 12.4 Å². The molecule has 1 N–H and O–H groups in total. The number of hydrogen-bond donors (Lipinski definition) is 1. The number of anilines is 1. The number of para-hydroxylation sites is 1. The number of carbonyl (C=O) groups excluding carboxylic acids is 2. The third-order valence-electron chi connectivity index (χ3n) is 5.91. The van der Waals surface area contributed by atoms with E-state index in [0.717, 1.165) is 24.8 Å². The molecule has 2 atom stereocenters. The van der Waals surface area contributed by atoms with Crippen molar-refractivity contribution < 1.29 is 14.3 Å². The molecule has 2 fully saturated rings. The minimum atomic E-state index is -0.503. The Hall–Kier alpha value is -2.10. The van der Waals surface area contributed by atoms with Crippen LogP contribution < -0.4 is 5.32 Å². The Labute approximate surface area is 136 Å². The summed E-state index contributed by atoms with van der Waals surface area (Å²) in [6, 6.07) is 6.94. The van der Waals surface area contributed by atoms with E-state index in [0.29, 0.717) is 17.2 Å². The number of hydrogen-bond acceptors (Lipinski definition) is 3. The lowest BCUT2D eigenvalue weighted by Crippen LogP contribution is -2.37. The van der Waals surface area contributed by atoms with Crippen LogP contribution in [0.25, 0.3) is 0 Å². The van der Waals surface area contributed by atoms with Crippen molar-refractivity contribution in [2.24, 2.45) is 16.7 Å². The Balaban J connectivity index is 1.89. The number of esters is 1. The van der Waals surface area contributed by atoms with Gasteiger partial charge < -0.3 is 10.1 Å². The van der Waals surface area contributed by atoms with Crippen molar-refractivity contribution >= 4 is 17.6 Å². The monoisotopic (exact) mass is 313 g/mol. The highest BCUT2D eigenvalue weighted by Crippen LogP contribution is 2.65. The van der Waals surface area contributed by atoms with Crippen molar-refractivity contribution in [3.05, 3.63) is 42.0 Å². The van der Waals surface area contributed by atoms with Crippen molar-refractivity contribution in [1.82, 2.24) is 0 Å². The molecule has 2 bridgehead atoms. The first kappa shape index (κ1) is 15.8. The quantitative estimate of drug-likeness (QED) is 0.682. The maximum absolute atomic E-state index is 13.0. The van der Waals surface area contributed by atoms with Gasteiger partial charge >= 0.3 is 5.97 Å². The molecule has 0 unspecified atom stereocenters. The van der Waals surface area contributed by atoms with Gasteiger partial charge in [0.2, 0.25) is 5.91 Å². The molecule has 122 valence electrons. The van der Waals surface area contributed by atoms with Crippen LogP contribution in [0.1, 0.15) is 43.5 Å². The Morgan fingerprint density at radius 1 is 1.30 bits per heavy atom. The number of ether oxygens (including phenoxy) is 1. The topological polar surface area (TPSA) is 55.4 Å². The predicted molar refractivity (Wildman–Crippen MR) is 89.1 cm³/mol. The van der Waals surface area contributed by atoms with Crippen LogP contribution in [0.15, 0.2) is 36.4 Å². The minimum Gasteiger partial charge on any atom is -0.465 e. The lowest BCUT2D eigenvalue weighted by Gasteiger charge is -2.37. The first-order valence-corrected chi connectivity index (χ1v) is 8.01. The van der Waals surface area contributed by atoms with Gasteiger partial charge in [0.05, 0.1) is 23.8 Å². The second-order valence-corrected chi connectivity index (χ2v) is 7.21. The van der Waals surface area contributed by atoms with Gasteiger partial charge in [-0.1, -0.05) is 38.1 Å². The summed E-state index contributed by atoms with van der Waals surface area (Å²) in [5.74, 6) is 0.0109. The highest BCUT2D eigenvalue weighted by Gasteiger charge is 2.60. The maximum Gasteiger partial charge on any atom is 0.339 e. The fraction of sp³-hybridized carbons (Fsp3) is 0.474. The third-order valence-corrected chi connectivity index (χ3v) is 5.91. The zero-order chi connectivity index (χ0) is 16.8. The fourth-order valence-electron chi connectivity index (χ4n) is 4.26. The molecule has 23 heavy (non-hydrogen) atoms. The molecule has 0 aromatic heterocycles. The average molecular weight is 313 g/mol. The first-order valence-electron chi connectivity index (χ1n) is 8.01. The Morgan fingerprint density at radius 3 is 2.61 bits per heavy atom. The van der Waals surface area contributed by atoms with E-state index in [1.807, 2.05) is 0 Å². The molecular weight excluding hydrogens is 290 g/mol. The molecule has 0 radical (unpaired) electrons. The number of fused-ring (bicyclic) bond motifs is 2. The molecule has 0 aliphatic heterocycles. The summed E-state index contributed by atoms with van der Waals surface area (Å²) in [6.07, 6.45) is 2.75. The van der Waals surface area contributed by atoms with Gasteiger partial charge in [0.15, 0.2) is 0 Å². The number of amides is 1. The molecule has 1 aromatic carbocycles. The van der Waals surface area contributed by atoms with Crippen molar-refractivity contribution in [3.63, 3.8) is 0 Å². The summed E-state index contributed by atoms with van der Waals surface area (Å²) in [6.45, 7) is 8.60. The largest absolute Gasteiger partial charge is 0.465 e. The Morgan fingerprint density at radius 2 is 2.00 bits per heavy atom. The van der Waals surface area contributed by atoms with Gasteiger partial charge in [-0.2, -0.15) is 0 Å². The second-order valence-electron chi connectivity index (χ2n) is 7.21. The summed E-state index contributed by atoms with van der Waals surface area (Å²) in [5.41, 5.74) is 1.39. The summed E-state index contributed by atoms with van der Waals surface area (Å²) >= 11 is 0. The number of benzene rings is 1. The third kappa shape index (κ3) is 2.19. The molecule has 0 heterocycles. The highest BCUT2D eigenvalue weighted by atomic mass is 16.5. The molecule has 3 rings (SSSR count). The standard InChI is InChI=1S/C19H23NO3/c1-12-18(2,3)13-9-10-19(12,11-13)17(22)20-15-8-6-5-7-14(15)16(21)23-4/h5-8,13H,1,9-11H2,2-4H3,(H,20,22)/t13-,19-/m0/s1. The van der Waals surface area contributed by atoms with Gasteiger partial charge in [0.1, 0.15) is 0 Å². The summed E-state index contributed by atoms with van der Waals surface area (Å²) in [7, 11) is 1.34. The van der Waals surface area contributed by atoms with E-state index < -0.39 is 11.4 Å². The zero-order valence-electron chi connectivity index (χ0n) is 13.9. The zero-order valence-corrected chi connectivity index (χ0v) is 13.9. The lowest BCUT2D eigenvalue weighted by atomic mass is 9.68. The molecule has 0 saturated heterocycles. The normalized spacial score (nSPS) is 27.8. The molecule has 2 aliphatic rings. The van der Waals surface area contributed by atoms with E-state index in [2.05, 4.69) is 25.7 Å². The minimum absolute atomic E-state index is 0.00252. The smallest absolute Gasteiger partial charge is 0.339 e. The van der Waals surface area contributed by atoms with Crippen LogP contribution >= 0.6 is 0 Å². The van der Waals surface area contributed by atoms with Gasteiger partial charge in [-0.3, -0.25) is 4.79 Å². The molecule has 4 heteroatoms. The van der Waals surface area contributed by atoms with Crippen molar-refractivity contribution in [3.8, 4) is 0 Å². The van der Waals surface area contributed by atoms with E-state index >= 15 is 0 Å². The van der Waals surface area contributed by atoms with E-state index in [-0.39, 0.29) is 11.3 Å². The second kappa shape index (κ2) is 5.22. The van der Waals surface area contributed by atoms with Crippen molar-refractivity contribution in [2.45, 2.75) is 33.1 Å². The summed E-state index contributed by atoms with van der Waals surface area (Å²) < 4.78 is 4.79. The van der Waals surface area contributed by atoms with E-state index in [1.54, 1.807) is 24.3 Å². The number of methoxy groups -OCH3 is 1. The molecule has 2 aliphatic carbocycles. The fourth-order valence-corrected chi connectivity index (χ4v) is 4.26. The van der Waals surface area contributed by atoms with Gasteiger partial charge in [-0.05, 0) is 42.7 Å². The van der Waals surface area contributed by atoms with Crippen LogP contribution in [0.2, 0.25) is 0 Å². The molecule has 0 spiro atoms. The number of carbonyl (C=O) groups is 2. The van der Waals surface area contributed by atoms with Gasteiger partial charge in [0.25, 0.3) is 0 Å². The van der Waals surface area contributed by atoms with Gasteiger partial charge in [-0.25, -0.2) is 4.79 Å². The van der Waals surface area contributed by atoms with E-state index in [4.69, 9.17) is 4.74 Å². The van der Waals surface area contributed by atoms with Crippen LogP contribution in [0.3, 0.4) is 0 Å². The van der Waals surface area contributed by atoms with Crippen LogP contribution in [-0.2, 0) is 9.53 Å².